The summed E-state index contributed by atoms with van der Waals surface area (Å²) in [7, 11) is 0. The van der Waals surface area contributed by atoms with E-state index in [1.54, 1.807) is 0 Å². The van der Waals surface area contributed by atoms with Crippen LogP contribution in [0.4, 0.5) is 17.1 Å². The lowest BCUT2D eigenvalue weighted by molar-refractivity contribution is 1.18. The fraction of sp³-hybridized carbons (Fsp3) is 0. The zero-order chi connectivity index (χ0) is 43.8. The third kappa shape index (κ3) is 6.84. The minimum Gasteiger partial charge on any atom is -0.309 e. The average Bonchev–Trinajstić information content (AvgIpc) is 3.74. The van der Waals surface area contributed by atoms with E-state index in [2.05, 4.69) is 276 Å². The summed E-state index contributed by atoms with van der Waals surface area (Å²) in [5.74, 6) is 0. The molecule has 0 aliphatic carbocycles. The van der Waals surface area contributed by atoms with Crippen LogP contribution >= 0.6 is 0 Å². The summed E-state index contributed by atoms with van der Waals surface area (Å²) in [6.45, 7) is 0. The van der Waals surface area contributed by atoms with Crippen LogP contribution in [0.2, 0.25) is 0 Å². The van der Waals surface area contributed by atoms with Crippen molar-refractivity contribution in [3.05, 3.63) is 267 Å². The standard InChI is InChI=1S/C64H44N2/c1-4-19-45(20-5-1)46-37-39-48(40-38-46)53-27-10-13-33-59(53)65(60-34-14-11-28-56(60)57-32-17-24-50-23-16-30-54(63(50)57)47-21-6-2-7-22-47)52-43-41-49(42-44-52)55-31-18-36-62-64(55)58-29-12-15-35-61(58)66(62)51-25-8-3-9-26-51/h1-44H. The molecule has 0 fully saturated rings. The van der Waals surface area contributed by atoms with Gasteiger partial charge in [0, 0.05) is 33.3 Å². The number of aromatic nitrogens is 1. The van der Waals surface area contributed by atoms with Crippen LogP contribution in [-0.2, 0) is 0 Å². The summed E-state index contributed by atoms with van der Waals surface area (Å²) in [5, 5.41) is 4.94. The Labute approximate surface area is 385 Å². The van der Waals surface area contributed by atoms with Crippen LogP contribution < -0.4 is 4.90 Å². The van der Waals surface area contributed by atoms with Gasteiger partial charge < -0.3 is 9.47 Å². The molecule has 0 unspecified atom stereocenters. The van der Waals surface area contributed by atoms with E-state index >= 15 is 0 Å². The molecule has 1 heterocycles. The Balaban J connectivity index is 1.05. The molecular weight excluding hydrogens is 797 g/mol. The third-order valence-corrected chi connectivity index (χ3v) is 13.0. The summed E-state index contributed by atoms with van der Waals surface area (Å²) in [4.78, 5) is 2.46. The van der Waals surface area contributed by atoms with Crippen LogP contribution in [0.3, 0.4) is 0 Å². The Morgan fingerprint density at radius 3 is 1.41 bits per heavy atom. The monoisotopic (exact) mass is 840 g/mol. The van der Waals surface area contributed by atoms with Crippen molar-refractivity contribution in [1.29, 1.82) is 0 Å². The quantitative estimate of drug-likeness (QED) is 0.141. The SMILES string of the molecule is c1ccc(-c2ccc(-c3ccccc3N(c3ccc(-c4cccc5c4c4ccccc4n5-c4ccccc4)cc3)c3ccccc3-c3cccc4cccc(-c5ccccc5)c34)cc2)cc1. The molecule has 2 heteroatoms. The van der Waals surface area contributed by atoms with Gasteiger partial charge in [0.15, 0.2) is 0 Å². The highest BCUT2D eigenvalue weighted by atomic mass is 15.1. The Morgan fingerprint density at radius 2 is 0.697 bits per heavy atom. The van der Waals surface area contributed by atoms with Crippen LogP contribution in [0.1, 0.15) is 0 Å². The summed E-state index contributed by atoms with van der Waals surface area (Å²) in [6.07, 6.45) is 0. The van der Waals surface area contributed by atoms with Crippen molar-refractivity contribution in [1.82, 2.24) is 4.57 Å². The minimum atomic E-state index is 1.07. The van der Waals surface area contributed by atoms with E-state index in [-0.39, 0.29) is 0 Å². The van der Waals surface area contributed by atoms with Crippen LogP contribution in [-0.4, -0.2) is 4.57 Å². The molecule has 0 bridgehead atoms. The number of para-hydroxylation sites is 4. The molecule has 0 amide bonds. The molecule has 2 nitrogen and oxygen atoms in total. The van der Waals surface area contributed by atoms with Crippen molar-refractivity contribution in [2.45, 2.75) is 0 Å². The molecule has 0 aliphatic heterocycles. The second-order valence-electron chi connectivity index (χ2n) is 16.8. The van der Waals surface area contributed by atoms with Gasteiger partial charge in [-0.3, -0.25) is 0 Å². The summed E-state index contributed by atoms with van der Waals surface area (Å²) < 4.78 is 2.39. The van der Waals surface area contributed by atoms with E-state index in [1.807, 2.05) is 0 Å². The number of nitrogens with zero attached hydrogens (tertiary/aromatic N) is 2. The second-order valence-corrected chi connectivity index (χ2v) is 16.8. The Bertz CT molecular complexity index is 3660. The van der Waals surface area contributed by atoms with Crippen molar-refractivity contribution in [3.8, 4) is 61.3 Å². The summed E-state index contributed by atoms with van der Waals surface area (Å²) >= 11 is 0. The van der Waals surface area contributed by atoms with Crippen LogP contribution in [0.25, 0.3) is 93.9 Å². The fourth-order valence-corrected chi connectivity index (χ4v) is 10.0. The summed E-state index contributed by atoms with van der Waals surface area (Å²) in [5.41, 5.74) is 18.7. The normalized spacial score (nSPS) is 11.3. The molecule has 0 saturated heterocycles. The zero-order valence-electron chi connectivity index (χ0n) is 36.3. The van der Waals surface area contributed by atoms with E-state index in [0.717, 1.165) is 39.4 Å². The maximum atomic E-state index is 2.46. The van der Waals surface area contributed by atoms with Crippen molar-refractivity contribution >= 4 is 49.6 Å². The second kappa shape index (κ2) is 16.8. The largest absolute Gasteiger partial charge is 0.309 e. The maximum Gasteiger partial charge on any atom is 0.0547 e. The lowest BCUT2D eigenvalue weighted by Gasteiger charge is -2.30. The lowest BCUT2D eigenvalue weighted by atomic mass is 9.90. The van der Waals surface area contributed by atoms with Crippen LogP contribution in [0, 0.1) is 0 Å². The first-order valence-electron chi connectivity index (χ1n) is 22.7. The lowest BCUT2D eigenvalue weighted by Crippen LogP contribution is -2.12. The Morgan fingerprint density at radius 1 is 0.258 bits per heavy atom. The molecule has 0 atom stereocenters. The number of fused-ring (bicyclic) bond motifs is 4. The number of hydrogen-bond donors (Lipinski definition) is 0. The molecule has 66 heavy (non-hydrogen) atoms. The predicted molar refractivity (Wildman–Crippen MR) is 280 cm³/mol. The van der Waals surface area contributed by atoms with Crippen molar-refractivity contribution in [3.63, 3.8) is 0 Å². The molecule has 0 aliphatic rings. The highest BCUT2D eigenvalue weighted by Gasteiger charge is 2.23. The third-order valence-electron chi connectivity index (χ3n) is 13.0. The number of rotatable bonds is 9. The van der Waals surface area contributed by atoms with E-state index < -0.39 is 0 Å². The first kappa shape index (κ1) is 38.9. The zero-order valence-corrected chi connectivity index (χ0v) is 36.3. The highest BCUT2D eigenvalue weighted by Crippen LogP contribution is 2.48. The van der Waals surface area contributed by atoms with Gasteiger partial charge in [0.1, 0.15) is 0 Å². The topological polar surface area (TPSA) is 8.17 Å². The van der Waals surface area contributed by atoms with E-state index in [0.29, 0.717) is 0 Å². The molecule has 0 radical (unpaired) electrons. The minimum absolute atomic E-state index is 1.07. The molecule has 11 aromatic carbocycles. The van der Waals surface area contributed by atoms with Crippen molar-refractivity contribution < 1.29 is 0 Å². The molecule has 310 valence electrons. The molecule has 0 saturated carbocycles. The molecule has 1 aromatic heterocycles. The van der Waals surface area contributed by atoms with E-state index in [1.165, 1.54) is 71.5 Å². The van der Waals surface area contributed by atoms with Gasteiger partial charge in [-0.15, -0.1) is 0 Å². The van der Waals surface area contributed by atoms with Gasteiger partial charge in [-0.1, -0.05) is 218 Å². The van der Waals surface area contributed by atoms with Crippen LogP contribution in [0.15, 0.2) is 267 Å². The van der Waals surface area contributed by atoms with Gasteiger partial charge >= 0.3 is 0 Å². The highest BCUT2D eigenvalue weighted by molar-refractivity contribution is 6.16. The molecular formula is C64H44N2. The molecule has 0 spiro atoms. The first-order chi connectivity index (χ1) is 32.8. The Hall–Kier alpha value is -8.72. The van der Waals surface area contributed by atoms with Crippen molar-refractivity contribution in [2.24, 2.45) is 0 Å². The van der Waals surface area contributed by atoms with Crippen molar-refractivity contribution in [2.75, 3.05) is 4.90 Å². The van der Waals surface area contributed by atoms with Gasteiger partial charge in [0.25, 0.3) is 0 Å². The average molecular weight is 841 g/mol. The van der Waals surface area contributed by atoms with Gasteiger partial charge in [-0.25, -0.2) is 0 Å². The predicted octanol–water partition coefficient (Wildman–Crippen LogP) is 17.7. The fourth-order valence-electron chi connectivity index (χ4n) is 10.0. The van der Waals surface area contributed by atoms with Gasteiger partial charge in [-0.2, -0.15) is 0 Å². The smallest absolute Gasteiger partial charge is 0.0547 e. The number of hydrogen-bond acceptors (Lipinski definition) is 1. The molecule has 12 rings (SSSR count). The molecule has 12 aromatic rings. The molecule has 0 N–H and O–H groups in total. The number of benzene rings is 11. The number of anilines is 3. The maximum absolute atomic E-state index is 2.46. The van der Waals surface area contributed by atoms with Crippen LogP contribution in [0.5, 0.6) is 0 Å². The Kier molecular flexibility index (Phi) is 9.89. The van der Waals surface area contributed by atoms with E-state index in [4.69, 9.17) is 0 Å². The van der Waals surface area contributed by atoms with Gasteiger partial charge in [-0.05, 0) is 104 Å². The summed E-state index contributed by atoms with van der Waals surface area (Å²) in [6, 6.07) is 96.9. The van der Waals surface area contributed by atoms with Gasteiger partial charge in [0.2, 0.25) is 0 Å². The first-order valence-corrected chi connectivity index (χ1v) is 22.7. The van der Waals surface area contributed by atoms with Gasteiger partial charge in [0.05, 0.1) is 22.4 Å². The van der Waals surface area contributed by atoms with E-state index in [9.17, 15) is 0 Å².